The molecule has 0 aromatic heterocycles. The second-order valence-electron chi connectivity index (χ2n) is 5.03. The van der Waals surface area contributed by atoms with Gasteiger partial charge in [0.15, 0.2) is 0 Å². The van der Waals surface area contributed by atoms with Gasteiger partial charge in [-0.3, -0.25) is 0 Å². The predicted octanol–water partition coefficient (Wildman–Crippen LogP) is 1.83. The molecule has 0 atom stereocenters. The summed E-state index contributed by atoms with van der Waals surface area (Å²) in [7, 11) is 0. The van der Waals surface area contributed by atoms with Gasteiger partial charge in [-0.1, -0.05) is 12.1 Å². The molecule has 1 saturated carbocycles. The lowest BCUT2D eigenvalue weighted by atomic mass is 9.96. The topological polar surface area (TPSA) is 44.5 Å². The number of rotatable bonds is 4. The quantitative estimate of drug-likeness (QED) is 0.786. The maximum absolute atomic E-state index is 5.50. The van der Waals surface area contributed by atoms with Gasteiger partial charge in [-0.2, -0.15) is 0 Å². The predicted molar refractivity (Wildman–Crippen MR) is 61.2 cm³/mol. The molecule has 16 heavy (non-hydrogen) atoms. The average Bonchev–Trinajstić information content (AvgIpc) is 2.87. The maximum atomic E-state index is 5.50. The fourth-order valence-electron chi connectivity index (χ4n) is 2.51. The van der Waals surface area contributed by atoms with Crippen LogP contribution >= 0.6 is 0 Å². The van der Waals surface area contributed by atoms with Crippen LogP contribution in [0.1, 0.15) is 24.0 Å². The van der Waals surface area contributed by atoms with Crippen LogP contribution in [0.25, 0.3) is 0 Å². The zero-order valence-corrected chi connectivity index (χ0v) is 9.37. The zero-order valence-electron chi connectivity index (χ0n) is 9.37. The largest absolute Gasteiger partial charge is 0.493 e. The highest BCUT2D eigenvalue weighted by molar-refractivity contribution is 5.40. The third-order valence-corrected chi connectivity index (χ3v) is 3.68. The molecule has 0 saturated heterocycles. The molecule has 1 aliphatic heterocycles. The molecule has 2 N–H and O–H groups in total. The SMILES string of the molecule is NOCC1(Cc2ccc3c(c2)CCO3)CC1. The first-order valence-corrected chi connectivity index (χ1v) is 5.88. The van der Waals surface area contributed by atoms with Gasteiger partial charge in [0.25, 0.3) is 0 Å². The van der Waals surface area contributed by atoms with E-state index in [4.69, 9.17) is 15.5 Å². The molecule has 1 aromatic rings. The van der Waals surface area contributed by atoms with Crippen molar-refractivity contribution in [3.63, 3.8) is 0 Å². The highest BCUT2D eigenvalue weighted by atomic mass is 16.6. The Balaban J connectivity index is 1.75. The summed E-state index contributed by atoms with van der Waals surface area (Å²) < 4.78 is 5.50. The van der Waals surface area contributed by atoms with Gasteiger partial charge in [0, 0.05) is 6.42 Å². The Morgan fingerprint density at radius 2 is 2.25 bits per heavy atom. The Morgan fingerprint density at radius 3 is 3.00 bits per heavy atom. The molecule has 86 valence electrons. The number of ether oxygens (including phenoxy) is 1. The van der Waals surface area contributed by atoms with E-state index in [1.54, 1.807) is 0 Å². The van der Waals surface area contributed by atoms with Gasteiger partial charge in [-0.25, -0.2) is 5.90 Å². The first-order chi connectivity index (χ1) is 7.81. The summed E-state index contributed by atoms with van der Waals surface area (Å²) >= 11 is 0. The molecule has 2 aliphatic rings. The molecule has 1 aliphatic carbocycles. The van der Waals surface area contributed by atoms with Crippen LogP contribution in [-0.2, 0) is 17.7 Å². The minimum atomic E-state index is 0.322. The molecule has 3 rings (SSSR count). The van der Waals surface area contributed by atoms with Crippen LogP contribution in [-0.4, -0.2) is 13.2 Å². The van der Waals surface area contributed by atoms with Crippen LogP contribution in [0.3, 0.4) is 0 Å². The van der Waals surface area contributed by atoms with Crippen LogP contribution in [0.2, 0.25) is 0 Å². The van der Waals surface area contributed by atoms with Crippen molar-refractivity contribution in [3.8, 4) is 5.75 Å². The lowest BCUT2D eigenvalue weighted by molar-refractivity contribution is 0.0916. The average molecular weight is 219 g/mol. The summed E-state index contributed by atoms with van der Waals surface area (Å²) in [5, 5.41) is 0. The van der Waals surface area contributed by atoms with Crippen molar-refractivity contribution < 1.29 is 9.57 Å². The van der Waals surface area contributed by atoms with Crippen LogP contribution < -0.4 is 10.6 Å². The molecule has 1 aromatic carbocycles. The van der Waals surface area contributed by atoms with E-state index in [0.717, 1.165) is 25.2 Å². The Hall–Kier alpha value is -1.06. The van der Waals surface area contributed by atoms with E-state index >= 15 is 0 Å². The summed E-state index contributed by atoms with van der Waals surface area (Å²) in [5.41, 5.74) is 3.06. The second kappa shape index (κ2) is 3.75. The zero-order chi connectivity index (χ0) is 11.0. The Kier molecular flexibility index (Phi) is 2.37. The fraction of sp³-hybridized carbons (Fsp3) is 0.538. The molecule has 1 heterocycles. The van der Waals surface area contributed by atoms with Gasteiger partial charge in [-0.15, -0.1) is 0 Å². The van der Waals surface area contributed by atoms with Crippen molar-refractivity contribution in [3.05, 3.63) is 29.3 Å². The van der Waals surface area contributed by atoms with Gasteiger partial charge < -0.3 is 9.57 Å². The van der Waals surface area contributed by atoms with Crippen LogP contribution in [0.4, 0.5) is 0 Å². The van der Waals surface area contributed by atoms with Crippen LogP contribution in [0.15, 0.2) is 18.2 Å². The molecule has 1 fully saturated rings. The number of nitrogens with two attached hydrogens (primary N) is 1. The molecule has 0 amide bonds. The van der Waals surface area contributed by atoms with E-state index in [-0.39, 0.29) is 0 Å². The molecule has 0 spiro atoms. The van der Waals surface area contributed by atoms with Gasteiger partial charge in [-0.05, 0) is 41.9 Å². The maximum Gasteiger partial charge on any atom is 0.122 e. The van der Waals surface area contributed by atoms with Crippen molar-refractivity contribution in [2.45, 2.75) is 25.7 Å². The van der Waals surface area contributed by atoms with Crippen molar-refractivity contribution in [1.82, 2.24) is 0 Å². The second-order valence-corrected chi connectivity index (χ2v) is 5.03. The van der Waals surface area contributed by atoms with E-state index in [2.05, 4.69) is 18.2 Å². The standard InChI is InChI=1S/C13H17NO2/c14-16-9-13(4-5-13)8-10-1-2-12-11(7-10)3-6-15-12/h1-2,7H,3-6,8-9,14H2. The molecule has 0 unspecified atom stereocenters. The smallest absolute Gasteiger partial charge is 0.122 e. The Labute approximate surface area is 95.5 Å². The number of hydrogen-bond acceptors (Lipinski definition) is 3. The third kappa shape index (κ3) is 1.81. The van der Waals surface area contributed by atoms with E-state index in [0.29, 0.717) is 12.0 Å². The highest BCUT2D eigenvalue weighted by Gasteiger charge is 2.42. The minimum absolute atomic E-state index is 0.322. The summed E-state index contributed by atoms with van der Waals surface area (Å²) in [6, 6.07) is 6.54. The fourth-order valence-corrected chi connectivity index (χ4v) is 2.51. The molecule has 0 bridgehead atoms. The molecular formula is C13H17NO2. The van der Waals surface area contributed by atoms with Gasteiger partial charge >= 0.3 is 0 Å². The van der Waals surface area contributed by atoms with Crippen LogP contribution in [0.5, 0.6) is 5.75 Å². The minimum Gasteiger partial charge on any atom is -0.493 e. The van der Waals surface area contributed by atoms with Crippen LogP contribution in [0, 0.1) is 5.41 Å². The van der Waals surface area contributed by atoms with E-state index in [1.165, 1.54) is 24.0 Å². The van der Waals surface area contributed by atoms with Crippen molar-refractivity contribution >= 4 is 0 Å². The summed E-state index contributed by atoms with van der Waals surface area (Å²) in [6.45, 7) is 1.51. The number of benzene rings is 1. The summed E-state index contributed by atoms with van der Waals surface area (Å²) in [4.78, 5) is 4.81. The number of fused-ring (bicyclic) bond motifs is 1. The lowest BCUT2D eigenvalue weighted by Gasteiger charge is -2.13. The van der Waals surface area contributed by atoms with Crippen molar-refractivity contribution in [1.29, 1.82) is 0 Å². The molecule has 3 heteroatoms. The number of hydrogen-bond donors (Lipinski definition) is 1. The Morgan fingerprint density at radius 1 is 1.38 bits per heavy atom. The van der Waals surface area contributed by atoms with Gasteiger partial charge in [0.1, 0.15) is 5.75 Å². The van der Waals surface area contributed by atoms with E-state index in [9.17, 15) is 0 Å². The van der Waals surface area contributed by atoms with E-state index < -0.39 is 0 Å². The monoisotopic (exact) mass is 219 g/mol. The van der Waals surface area contributed by atoms with Crippen molar-refractivity contribution in [2.75, 3.05) is 13.2 Å². The third-order valence-electron chi connectivity index (χ3n) is 3.68. The summed E-state index contributed by atoms with van der Waals surface area (Å²) in [5.74, 6) is 6.24. The van der Waals surface area contributed by atoms with Gasteiger partial charge in [0.05, 0.1) is 13.2 Å². The molecule has 3 nitrogen and oxygen atoms in total. The van der Waals surface area contributed by atoms with Gasteiger partial charge in [0.2, 0.25) is 0 Å². The molecule has 0 radical (unpaired) electrons. The van der Waals surface area contributed by atoms with Crippen molar-refractivity contribution in [2.24, 2.45) is 11.3 Å². The first kappa shape index (κ1) is 10.1. The van der Waals surface area contributed by atoms with E-state index in [1.807, 2.05) is 0 Å². The first-order valence-electron chi connectivity index (χ1n) is 5.88. The molecular weight excluding hydrogens is 202 g/mol. The normalized spacial score (nSPS) is 20.3. The lowest BCUT2D eigenvalue weighted by Crippen LogP contribution is -2.16. The summed E-state index contributed by atoms with van der Waals surface area (Å²) in [6.07, 6.45) is 4.59. The highest BCUT2D eigenvalue weighted by Crippen LogP contribution is 2.48. The Bertz CT molecular complexity index is 399.